The molecule has 1 saturated heterocycles. The average molecular weight is 347 g/mol. The van der Waals surface area contributed by atoms with Gasteiger partial charge in [-0.15, -0.1) is 5.06 Å². The lowest BCUT2D eigenvalue weighted by Gasteiger charge is -2.30. The minimum atomic E-state index is -0.525. The van der Waals surface area contributed by atoms with Gasteiger partial charge in [-0.25, -0.2) is 15.0 Å². The molecule has 1 aliphatic carbocycles. The van der Waals surface area contributed by atoms with E-state index in [1.807, 2.05) is 39.0 Å². The average Bonchev–Trinajstić information content (AvgIpc) is 3.12. The summed E-state index contributed by atoms with van der Waals surface area (Å²) in [7, 11) is 0. The zero-order valence-electron chi connectivity index (χ0n) is 14.8. The summed E-state index contributed by atoms with van der Waals surface area (Å²) in [5.41, 5.74) is 5.68. The number of ether oxygens (including phenoxy) is 1. The number of amides is 1. The Balaban J connectivity index is 1.45. The number of carbonyl (C=O) groups is 2. The summed E-state index contributed by atoms with van der Waals surface area (Å²) in [4.78, 5) is 29.4. The highest BCUT2D eigenvalue weighted by atomic mass is 16.7. The standard InChI is InChI=1S/C18H25N3O4/c1-18(2,3)24-17(23)20-19-15-10-14-9-13(15)11-21(14)25-16(22)12-7-5-4-6-8-12/h4-8,13-15,19H,9-11H2,1-3H3,(H,20,23). The second-order valence-corrected chi connectivity index (χ2v) is 7.61. The molecule has 3 rings (SSSR count). The molecule has 0 radical (unpaired) electrons. The molecule has 1 aromatic rings. The van der Waals surface area contributed by atoms with E-state index in [0.717, 1.165) is 12.8 Å². The van der Waals surface area contributed by atoms with Crippen molar-refractivity contribution in [2.45, 2.75) is 51.3 Å². The quantitative estimate of drug-likeness (QED) is 0.813. The molecule has 7 heteroatoms. The van der Waals surface area contributed by atoms with E-state index in [0.29, 0.717) is 18.0 Å². The molecular formula is C18H25N3O4. The lowest BCUT2D eigenvalue weighted by atomic mass is 10.0. The van der Waals surface area contributed by atoms with Gasteiger partial charge in [0.2, 0.25) is 0 Å². The summed E-state index contributed by atoms with van der Waals surface area (Å²) in [5.74, 6) is -0.00644. The van der Waals surface area contributed by atoms with Crippen LogP contribution in [0.4, 0.5) is 4.79 Å². The van der Waals surface area contributed by atoms with Crippen molar-refractivity contribution in [3.05, 3.63) is 35.9 Å². The van der Waals surface area contributed by atoms with E-state index in [1.54, 1.807) is 17.2 Å². The summed E-state index contributed by atoms with van der Waals surface area (Å²) in [6, 6.07) is 9.31. The van der Waals surface area contributed by atoms with Crippen LogP contribution in [0.2, 0.25) is 0 Å². The third-order valence-electron chi connectivity index (χ3n) is 4.46. The summed E-state index contributed by atoms with van der Waals surface area (Å²) in [5, 5.41) is 1.77. The maximum atomic E-state index is 12.2. The highest BCUT2D eigenvalue weighted by Crippen LogP contribution is 2.37. The van der Waals surface area contributed by atoms with Gasteiger partial charge < -0.3 is 9.57 Å². The number of hydrazine groups is 1. The first-order chi connectivity index (χ1) is 11.8. The highest BCUT2D eigenvalue weighted by molar-refractivity contribution is 5.89. The topological polar surface area (TPSA) is 79.9 Å². The summed E-state index contributed by atoms with van der Waals surface area (Å²) in [6.45, 7) is 6.13. The number of benzene rings is 1. The van der Waals surface area contributed by atoms with Crippen molar-refractivity contribution in [1.29, 1.82) is 0 Å². The predicted octanol–water partition coefficient (Wildman–Crippen LogP) is 2.25. The van der Waals surface area contributed by atoms with Crippen molar-refractivity contribution >= 4 is 12.1 Å². The van der Waals surface area contributed by atoms with Crippen LogP contribution in [-0.4, -0.2) is 41.4 Å². The van der Waals surface area contributed by atoms with Crippen molar-refractivity contribution < 1.29 is 19.2 Å². The molecule has 25 heavy (non-hydrogen) atoms. The lowest BCUT2D eigenvalue weighted by molar-refractivity contribution is -0.131. The molecule has 136 valence electrons. The summed E-state index contributed by atoms with van der Waals surface area (Å²) >= 11 is 0. The van der Waals surface area contributed by atoms with E-state index in [2.05, 4.69) is 10.9 Å². The van der Waals surface area contributed by atoms with Crippen LogP contribution < -0.4 is 10.9 Å². The molecule has 1 aromatic carbocycles. The fourth-order valence-corrected chi connectivity index (χ4v) is 3.39. The largest absolute Gasteiger partial charge is 0.443 e. The first-order valence-corrected chi connectivity index (χ1v) is 8.60. The normalized spacial score (nSPS) is 25.6. The lowest BCUT2D eigenvalue weighted by Crippen LogP contribution is -2.51. The Morgan fingerprint density at radius 1 is 1.16 bits per heavy atom. The number of fused-ring (bicyclic) bond motifs is 2. The Hall–Kier alpha value is -2.12. The molecule has 0 spiro atoms. The molecule has 0 aromatic heterocycles. The molecule has 3 unspecified atom stereocenters. The van der Waals surface area contributed by atoms with E-state index < -0.39 is 11.7 Å². The van der Waals surface area contributed by atoms with E-state index >= 15 is 0 Å². The second kappa shape index (κ2) is 7.01. The number of hydrogen-bond acceptors (Lipinski definition) is 6. The van der Waals surface area contributed by atoms with Crippen molar-refractivity contribution in [1.82, 2.24) is 15.9 Å². The fourth-order valence-electron chi connectivity index (χ4n) is 3.39. The predicted molar refractivity (Wildman–Crippen MR) is 91.4 cm³/mol. The third kappa shape index (κ3) is 4.49. The van der Waals surface area contributed by atoms with Crippen LogP contribution in [0.1, 0.15) is 44.0 Å². The first kappa shape index (κ1) is 17.7. The Bertz CT molecular complexity index is 629. The molecule has 1 amide bonds. The van der Waals surface area contributed by atoms with Gasteiger partial charge in [0.25, 0.3) is 0 Å². The molecule has 2 bridgehead atoms. The summed E-state index contributed by atoms with van der Waals surface area (Å²) < 4.78 is 5.21. The maximum absolute atomic E-state index is 12.2. The van der Waals surface area contributed by atoms with E-state index in [1.165, 1.54) is 0 Å². The maximum Gasteiger partial charge on any atom is 0.422 e. The number of hydroxylamine groups is 2. The summed E-state index contributed by atoms with van der Waals surface area (Å²) in [6.07, 6.45) is 1.26. The first-order valence-electron chi connectivity index (χ1n) is 8.60. The Kier molecular flexibility index (Phi) is 4.96. The van der Waals surface area contributed by atoms with Crippen LogP contribution >= 0.6 is 0 Å². The van der Waals surface area contributed by atoms with Crippen molar-refractivity contribution in [2.24, 2.45) is 5.92 Å². The fraction of sp³-hybridized carbons (Fsp3) is 0.556. The van der Waals surface area contributed by atoms with Gasteiger partial charge in [0.05, 0.1) is 5.56 Å². The molecule has 1 saturated carbocycles. The van der Waals surface area contributed by atoms with Gasteiger partial charge in [-0.2, -0.15) is 0 Å². The third-order valence-corrected chi connectivity index (χ3v) is 4.46. The van der Waals surface area contributed by atoms with Crippen LogP contribution in [0.15, 0.2) is 30.3 Å². The minimum absolute atomic E-state index is 0.157. The molecule has 1 heterocycles. The van der Waals surface area contributed by atoms with Crippen LogP contribution in [0.25, 0.3) is 0 Å². The smallest absolute Gasteiger partial charge is 0.422 e. The van der Waals surface area contributed by atoms with Crippen LogP contribution in [0, 0.1) is 5.92 Å². The molecule has 2 N–H and O–H groups in total. The molecule has 3 atom stereocenters. The van der Waals surface area contributed by atoms with Gasteiger partial charge in [-0.1, -0.05) is 18.2 Å². The monoisotopic (exact) mass is 347 g/mol. The highest BCUT2D eigenvalue weighted by Gasteiger charge is 2.46. The number of hydrogen-bond donors (Lipinski definition) is 2. The van der Waals surface area contributed by atoms with Crippen molar-refractivity contribution in [3.63, 3.8) is 0 Å². The Morgan fingerprint density at radius 3 is 2.48 bits per heavy atom. The van der Waals surface area contributed by atoms with Crippen LogP contribution in [0.3, 0.4) is 0 Å². The number of nitrogens with zero attached hydrogens (tertiary/aromatic N) is 1. The van der Waals surface area contributed by atoms with E-state index in [-0.39, 0.29) is 18.1 Å². The zero-order chi connectivity index (χ0) is 18.0. The minimum Gasteiger partial charge on any atom is -0.443 e. The molecule has 2 fully saturated rings. The number of carbonyl (C=O) groups excluding carboxylic acids is 2. The number of piperidine rings is 1. The van der Waals surface area contributed by atoms with E-state index in [9.17, 15) is 9.59 Å². The van der Waals surface area contributed by atoms with Crippen molar-refractivity contribution in [3.8, 4) is 0 Å². The van der Waals surface area contributed by atoms with Gasteiger partial charge >= 0.3 is 12.1 Å². The SMILES string of the molecule is CC(C)(C)OC(=O)NNC1CC2CC1CN2OC(=O)c1ccccc1. The number of nitrogens with one attached hydrogen (secondary N) is 2. The molecular weight excluding hydrogens is 322 g/mol. The van der Waals surface area contributed by atoms with Crippen LogP contribution in [-0.2, 0) is 9.57 Å². The van der Waals surface area contributed by atoms with Crippen LogP contribution in [0.5, 0.6) is 0 Å². The number of rotatable bonds is 4. The van der Waals surface area contributed by atoms with Gasteiger partial charge in [-0.3, -0.25) is 5.43 Å². The van der Waals surface area contributed by atoms with Gasteiger partial charge in [0.1, 0.15) is 5.60 Å². The van der Waals surface area contributed by atoms with Gasteiger partial charge in [0.15, 0.2) is 0 Å². The molecule has 1 aliphatic heterocycles. The van der Waals surface area contributed by atoms with Gasteiger partial charge in [0, 0.05) is 18.6 Å². The zero-order valence-corrected chi connectivity index (χ0v) is 14.8. The molecule has 7 nitrogen and oxygen atoms in total. The second-order valence-electron chi connectivity index (χ2n) is 7.61. The van der Waals surface area contributed by atoms with Gasteiger partial charge in [-0.05, 0) is 51.7 Å². The molecule has 2 aliphatic rings. The Labute approximate surface area is 147 Å². The van der Waals surface area contributed by atoms with E-state index in [4.69, 9.17) is 9.57 Å². The Morgan fingerprint density at radius 2 is 1.88 bits per heavy atom. The van der Waals surface area contributed by atoms with Crippen molar-refractivity contribution in [2.75, 3.05) is 6.54 Å².